The van der Waals surface area contributed by atoms with E-state index < -0.39 is 29.3 Å². The second-order valence-electron chi connectivity index (χ2n) is 5.56. The lowest BCUT2D eigenvalue weighted by molar-refractivity contribution is -0.151. The van der Waals surface area contributed by atoms with E-state index in [9.17, 15) is 14.4 Å². The van der Waals surface area contributed by atoms with Crippen molar-refractivity contribution in [3.8, 4) is 11.9 Å². The van der Waals surface area contributed by atoms with Crippen LogP contribution in [0.25, 0.3) is 4.91 Å². The van der Waals surface area contributed by atoms with Gasteiger partial charge in [-0.25, -0.2) is 4.98 Å². The maximum Gasteiger partial charge on any atom is 0.319 e. The summed E-state index contributed by atoms with van der Waals surface area (Å²) in [5.41, 5.74) is 0.409. The molecule has 1 aromatic heterocycles. The monoisotopic (exact) mass is 412 g/mol. The molecule has 0 radical (unpaired) electrons. The average molecular weight is 412 g/mol. The number of hydrogen-bond donors (Lipinski definition) is 0. The fourth-order valence-electron chi connectivity index (χ4n) is 2.41. The molecule has 11 heteroatoms. The van der Waals surface area contributed by atoms with Crippen LogP contribution in [0, 0.1) is 0 Å². The molecule has 0 amide bonds. The summed E-state index contributed by atoms with van der Waals surface area (Å²) < 4.78 is 26.0. The number of carbonyl (C=O) groups is 3. The molecule has 0 N–H and O–H groups in total. The maximum absolute atomic E-state index is 11.7. The largest absolute Gasteiger partial charge is 0.480 e. The Hall–Kier alpha value is -2.82. The first-order valence-electron chi connectivity index (χ1n) is 8.12. The van der Waals surface area contributed by atoms with Crippen LogP contribution in [0.3, 0.4) is 0 Å². The highest BCUT2D eigenvalue weighted by molar-refractivity contribution is 8.09. The van der Waals surface area contributed by atoms with Gasteiger partial charge in [0.1, 0.15) is 6.61 Å². The van der Waals surface area contributed by atoms with Crippen LogP contribution < -0.4 is 9.47 Å². The standard InChI is InChI=1S/C17H20N2O8S/c1-8(20)25-7-12-13(26-9(2)21)14(27-10(3)22)15(28-12)11-6-18-17(24-5)19-16(11)23-4/h6,12-13H,7H2,1-5H3/t12-,13-/m1/s1. The number of rotatable bonds is 7. The predicted molar refractivity (Wildman–Crippen MR) is 97.4 cm³/mol. The highest BCUT2D eigenvalue weighted by Gasteiger charge is 2.43. The molecule has 1 aliphatic heterocycles. The lowest BCUT2D eigenvalue weighted by Gasteiger charge is -2.20. The van der Waals surface area contributed by atoms with Gasteiger partial charge in [-0.3, -0.25) is 14.4 Å². The minimum absolute atomic E-state index is 0.0639. The summed E-state index contributed by atoms with van der Waals surface area (Å²) in [6.45, 7) is 3.66. The average Bonchev–Trinajstić information content (AvgIpc) is 2.95. The van der Waals surface area contributed by atoms with Crippen molar-refractivity contribution in [3.05, 3.63) is 17.5 Å². The van der Waals surface area contributed by atoms with Gasteiger partial charge in [-0.15, -0.1) is 11.8 Å². The molecule has 0 saturated carbocycles. The van der Waals surface area contributed by atoms with E-state index in [1.165, 1.54) is 52.9 Å². The summed E-state index contributed by atoms with van der Waals surface area (Å²) in [4.78, 5) is 43.1. The van der Waals surface area contributed by atoms with E-state index in [1.54, 1.807) is 0 Å². The Balaban J connectivity index is 2.53. The topological polar surface area (TPSA) is 123 Å². The Morgan fingerprint density at radius 2 is 1.79 bits per heavy atom. The van der Waals surface area contributed by atoms with Crippen LogP contribution in [0.5, 0.6) is 11.9 Å². The Morgan fingerprint density at radius 3 is 2.32 bits per heavy atom. The number of thioether (sulfide) groups is 1. The molecule has 2 rings (SSSR count). The van der Waals surface area contributed by atoms with E-state index in [0.717, 1.165) is 0 Å². The number of hydrogen-bond acceptors (Lipinski definition) is 11. The molecule has 0 saturated heterocycles. The molecule has 0 bridgehead atoms. The van der Waals surface area contributed by atoms with Crippen molar-refractivity contribution in [2.75, 3.05) is 20.8 Å². The lowest BCUT2D eigenvalue weighted by atomic mass is 10.1. The molecule has 0 aromatic carbocycles. The van der Waals surface area contributed by atoms with E-state index in [-0.39, 0.29) is 24.3 Å². The smallest absolute Gasteiger partial charge is 0.319 e. The number of aromatic nitrogens is 2. The first-order valence-corrected chi connectivity index (χ1v) is 9.00. The van der Waals surface area contributed by atoms with Crippen LogP contribution in [-0.4, -0.2) is 60.1 Å². The van der Waals surface area contributed by atoms with Gasteiger partial charge in [-0.1, -0.05) is 0 Å². The molecule has 10 nitrogen and oxygen atoms in total. The Bertz CT molecular complexity index is 810. The molecule has 0 unspecified atom stereocenters. The van der Waals surface area contributed by atoms with Crippen molar-refractivity contribution in [1.29, 1.82) is 0 Å². The highest BCUT2D eigenvalue weighted by atomic mass is 32.2. The second kappa shape index (κ2) is 9.40. The SMILES string of the molecule is COc1ncc(C2=C(OC(C)=O)[C@H](OC(C)=O)[C@@H](COC(C)=O)S2)c(OC)n1. The molecule has 2 heterocycles. The normalized spacial score (nSPS) is 18.5. The van der Waals surface area contributed by atoms with Crippen molar-refractivity contribution in [1.82, 2.24) is 9.97 Å². The third-order valence-electron chi connectivity index (χ3n) is 3.44. The third-order valence-corrected chi connectivity index (χ3v) is 4.78. The zero-order chi connectivity index (χ0) is 20.8. The van der Waals surface area contributed by atoms with E-state index in [0.29, 0.717) is 10.5 Å². The molecule has 0 spiro atoms. The van der Waals surface area contributed by atoms with Gasteiger partial charge in [0, 0.05) is 27.0 Å². The Morgan fingerprint density at radius 1 is 1.07 bits per heavy atom. The quantitative estimate of drug-likeness (QED) is 0.476. The summed E-state index contributed by atoms with van der Waals surface area (Å²) in [5, 5.41) is -0.538. The van der Waals surface area contributed by atoms with Gasteiger partial charge < -0.3 is 23.7 Å². The molecule has 0 fully saturated rings. The molecule has 152 valence electrons. The van der Waals surface area contributed by atoms with Gasteiger partial charge in [0.25, 0.3) is 0 Å². The van der Waals surface area contributed by atoms with Crippen molar-refractivity contribution in [3.63, 3.8) is 0 Å². The van der Waals surface area contributed by atoms with Crippen LogP contribution in [0.2, 0.25) is 0 Å². The number of nitrogens with zero attached hydrogens (tertiary/aromatic N) is 2. The van der Waals surface area contributed by atoms with Crippen molar-refractivity contribution >= 4 is 34.6 Å². The summed E-state index contributed by atoms with van der Waals surface area (Å²) in [6, 6.07) is 0.0891. The van der Waals surface area contributed by atoms with Gasteiger partial charge in [-0.2, -0.15) is 4.98 Å². The van der Waals surface area contributed by atoms with Crippen LogP contribution in [0.4, 0.5) is 0 Å². The third kappa shape index (κ3) is 5.12. The molecule has 1 aromatic rings. The Kier molecular flexibility index (Phi) is 7.21. The summed E-state index contributed by atoms with van der Waals surface area (Å²) in [5.74, 6) is -1.41. The molecule has 1 aliphatic rings. The zero-order valence-corrected chi connectivity index (χ0v) is 16.8. The van der Waals surface area contributed by atoms with Crippen molar-refractivity contribution < 1.29 is 38.1 Å². The van der Waals surface area contributed by atoms with Gasteiger partial charge in [-0.05, 0) is 0 Å². The summed E-state index contributed by atoms with van der Waals surface area (Å²) >= 11 is 1.20. The van der Waals surface area contributed by atoms with E-state index in [4.69, 9.17) is 23.7 Å². The minimum Gasteiger partial charge on any atom is -0.480 e. The number of esters is 3. The fraction of sp³-hybridized carbons (Fsp3) is 0.471. The van der Waals surface area contributed by atoms with E-state index in [1.807, 2.05) is 0 Å². The summed E-state index contributed by atoms with van der Waals surface area (Å²) in [7, 11) is 2.82. The molecular weight excluding hydrogens is 392 g/mol. The molecule has 28 heavy (non-hydrogen) atoms. The van der Waals surface area contributed by atoms with Crippen LogP contribution in [0.15, 0.2) is 12.0 Å². The predicted octanol–water partition coefficient (Wildman–Crippen LogP) is 1.34. The molecular formula is C17H20N2O8S. The maximum atomic E-state index is 11.7. The zero-order valence-electron chi connectivity index (χ0n) is 16.0. The van der Waals surface area contributed by atoms with Gasteiger partial charge in [0.2, 0.25) is 5.88 Å². The van der Waals surface area contributed by atoms with Crippen LogP contribution >= 0.6 is 11.8 Å². The van der Waals surface area contributed by atoms with Crippen molar-refractivity contribution in [2.24, 2.45) is 0 Å². The summed E-state index contributed by atoms with van der Waals surface area (Å²) in [6.07, 6.45) is 0.489. The number of methoxy groups -OCH3 is 2. The fourth-order valence-corrected chi connectivity index (χ4v) is 3.70. The first-order chi connectivity index (χ1) is 13.3. The lowest BCUT2D eigenvalue weighted by Crippen LogP contribution is -2.32. The van der Waals surface area contributed by atoms with E-state index >= 15 is 0 Å². The number of ether oxygens (including phenoxy) is 5. The number of carbonyl (C=O) groups excluding carboxylic acids is 3. The van der Waals surface area contributed by atoms with Crippen LogP contribution in [0.1, 0.15) is 26.3 Å². The van der Waals surface area contributed by atoms with Gasteiger partial charge in [0.05, 0.1) is 29.9 Å². The first kappa shape index (κ1) is 21.5. The van der Waals surface area contributed by atoms with Gasteiger partial charge in [0.15, 0.2) is 11.9 Å². The van der Waals surface area contributed by atoms with Gasteiger partial charge >= 0.3 is 23.9 Å². The van der Waals surface area contributed by atoms with Crippen molar-refractivity contribution in [2.45, 2.75) is 32.1 Å². The molecule has 0 aliphatic carbocycles. The van der Waals surface area contributed by atoms with Crippen LogP contribution in [-0.2, 0) is 28.6 Å². The minimum atomic E-state index is -0.951. The van der Waals surface area contributed by atoms with E-state index in [2.05, 4.69) is 9.97 Å². The Labute approximate surface area is 165 Å². The highest BCUT2D eigenvalue weighted by Crippen LogP contribution is 2.48. The second-order valence-corrected chi connectivity index (χ2v) is 6.81. The molecule has 2 atom stereocenters.